The molecule has 0 aromatic carbocycles. The average Bonchev–Trinajstić information content (AvgIpc) is 2.12. The van der Waals surface area contributed by atoms with Crippen molar-refractivity contribution >= 4 is 13.6 Å². The van der Waals surface area contributed by atoms with E-state index in [9.17, 15) is 9.36 Å². The van der Waals surface area contributed by atoms with Crippen molar-refractivity contribution in [3.05, 3.63) is 11.1 Å². The van der Waals surface area contributed by atoms with E-state index >= 15 is 0 Å². The van der Waals surface area contributed by atoms with Crippen LogP contribution in [0.4, 0.5) is 0 Å². The van der Waals surface area contributed by atoms with Crippen LogP contribution in [0.1, 0.15) is 27.2 Å². The zero-order valence-corrected chi connectivity index (χ0v) is 10.1. The van der Waals surface area contributed by atoms with Gasteiger partial charge in [-0.1, -0.05) is 6.92 Å². The lowest BCUT2D eigenvalue weighted by Crippen LogP contribution is -2.09. The van der Waals surface area contributed by atoms with E-state index in [0.29, 0.717) is 17.6 Å². The quantitative estimate of drug-likeness (QED) is 0.429. The maximum atomic E-state index is 11.3. The van der Waals surface area contributed by atoms with Gasteiger partial charge in [0.1, 0.15) is 0 Å². The minimum Gasteiger partial charge on any atom is -0.463 e. The SMILES string of the molecule is CCOC(=O)C(C)=C(CC)CP(=O)(O)O. The van der Waals surface area contributed by atoms with Crippen LogP contribution in [0, 0.1) is 0 Å². The van der Waals surface area contributed by atoms with Gasteiger partial charge in [-0.25, -0.2) is 4.79 Å². The second-order valence-corrected chi connectivity index (χ2v) is 4.77. The molecule has 15 heavy (non-hydrogen) atoms. The Kier molecular flexibility index (Phi) is 5.80. The summed E-state index contributed by atoms with van der Waals surface area (Å²) < 4.78 is 15.5. The molecule has 0 amide bonds. The number of carbonyl (C=O) groups is 1. The van der Waals surface area contributed by atoms with Crippen LogP contribution in [-0.4, -0.2) is 28.5 Å². The molecule has 88 valence electrons. The highest BCUT2D eigenvalue weighted by molar-refractivity contribution is 7.52. The Labute approximate surface area is 89.3 Å². The number of hydrogen-bond acceptors (Lipinski definition) is 3. The van der Waals surface area contributed by atoms with Crippen LogP contribution in [0.15, 0.2) is 11.1 Å². The molecule has 0 aliphatic carbocycles. The summed E-state index contributed by atoms with van der Waals surface area (Å²) >= 11 is 0. The van der Waals surface area contributed by atoms with Crippen LogP contribution in [0.3, 0.4) is 0 Å². The number of esters is 1. The van der Waals surface area contributed by atoms with E-state index < -0.39 is 13.6 Å². The van der Waals surface area contributed by atoms with E-state index in [4.69, 9.17) is 14.5 Å². The molecule has 0 radical (unpaired) electrons. The third-order valence-corrected chi connectivity index (χ3v) is 2.73. The van der Waals surface area contributed by atoms with Gasteiger partial charge in [-0.05, 0) is 25.8 Å². The fourth-order valence-electron chi connectivity index (χ4n) is 1.13. The van der Waals surface area contributed by atoms with Crippen molar-refractivity contribution in [1.29, 1.82) is 0 Å². The molecule has 0 bridgehead atoms. The first kappa shape index (κ1) is 14.4. The van der Waals surface area contributed by atoms with Crippen molar-refractivity contribution in [2.75, 3.05) is 12.8 Å². The molecule has 0 spiro atoms. The largest absolute Gasteiger partial charge is 0.463 e. The molecule has 5 nitrogen and oxygen atoms in total. The van der Waals surface area contributed by atoms with Crippen LogP contribution in [0.25, 0.3) is 0 Å². The minimum atomic E-state index is -4.12. The molecular weight excluding hydrogens is 219 g/mol. The molecule has 0 saturated heterocycles. The second-order valence-electron chi connectivity index (χ2n) is 3.13. The van der Waals surface area contributed by atoms with E-state index in [2.05, 4.69) is 0 Å². The molecule has 0 saturated carbocycles. The number of hydrogen-bond donors (Lipinski definition) is 2. The highest BCUT2D eigenvalue weighted by Gasteiger charge is 2.19. The molecule has 0 aromatic rings. The summed E-state index contributed by atoms with van der Waals surface area (Å²) in [6.45, 7) is 5.20. The highest BCUT2D eigenvalue weighted by atomic mass is 31.2. The van der Waals surface area contributed by atoms with Gasteiger partial charge in [0.2, 0.25) is 0 Å². The summed E-state index contributed by atoms with van der Waals surface area (Å²) in [6.07, 6.45) is 0.0455. The number of carbonyl (C=O) groups excluding carboxylic acids is 1. The number of rotatable bonds is 5. The van der Waals surface area contributed by atoms with Gasteiger partial charge in [-0.15, -0.1) is 0 Å². The summed E-state index contributed by atoms with van der Waals surface area (Å²) in [7, 11) is -4.12. The second kappa shape index (κ2) is 6.05. The van der Waals surface area contributed by atoms with Crippen molar-refractivity contribution < 1.29 is 23.9 Å². The molecule has 2 N–H and O–H groups in total. The van der Waals surface area contributed by atoms with Gasteiger partial charge in [-0.2, -0.15) is 0 Å². The minimum absolute atomic E-state index is 0.253. The number of allylic oxidation sites excluding steroid dienone is 1. The molecule has 0 aliphatic heterocycles. The summed E-state index contributed by atoms with van der Waals surface area (Å²) in [5.74, 6) is -0.511. The van der Waals surface area contributed by atoms with Crippen molar-refractivity contribution in [3.8, 4) is 0 Å². The predicted octanol–water partition coefficient (Wildman–Crippen LogP) is 1.45. The van der Waals surface area contributed by atoms with E-state index in [1.54, 1.807) is 13.8 Å². The Morgan fingerprint density at radius 3 is 2.20 bits per heavy atom. The van der Waals surface area contributed by atoms with Crippen LogP contribution >= 0.6 is 7.60 Å². The average molecular weight is 236 g/mol. The van der Waals surface area contributed by atoms with Gasteiger partial charge in [0.15, 0.2) is 0 Å². The normalized spacial score (nSPS) is 13.4. The molecule has 0 fully saturated rings. The van der Waals surface area contributed by atoms with Gasteiger partial charge in [-0.3, -0.25) is 4.57 Å². The molecule has 0 heterocycles. The summed E-state index contributed by atoms with van der Waals surface area (Å²) in [5, 5.41) is 0. The van der Waals surface area contributed by atoms with Crippen molar-refractivity contribution in [3.63, 3.8) is 0 Å². The molecule has 0 aliphatic rings. The van der Waals surface area contributed by atoms with Crippen LogP contribution in [0.5, 0.6) is 0 Å². The van der Waals surface area contributed by atoms with E-state index in [1.165, 1.54) is 6.92 Å². The Bertz CT molecular complexity index is 302. The van der Waals surface area contributed by atoms with Gasteiger partial charge in [0.05, 0.1) is 12.8 Å². The standard InChI is InChI=1S/C9H17O5P/c1-4-8(6-15(11,12)13)7(3)9(10)14-5-2/h4-6H2,1-3H3,(H2,11,12,13). The lowest BCUT2D eigenvalue weighted by Gasteiger charge is -2.10. The van der Waals surface area contributed by atoms with E-state index in [1.807, 2.05) is 0 Å². The van der Waals surface area contributed by atoms with Gasteiger partial charge >= 0.3 is 13.6 Å². The zero-order valence-electron chi connectivity index (χ0n) is 9.19. The molecule has 0 unspecified atom stereocenters. The summed E-state index contributed by atoms with van der Waals surface area (Å²) in [5.41, 5.74) is 0.740. The van der Waals surface area contributed by atoms with Crippen molar-refractivity contribution in [1.82, 2.24) is 0 Å². The Morgan fingerprint density at radius 1 is 1.33 bits per heavy atom. The highest BCUT2D eigenvalue weighted by Crippen LogP contribution is 2.38. The van der Waals surface area contributed by atoms with Crippen LogP contribution < -0.4 is 0 Å². The zero-order chi connectivity index (χ0) is 12.1. The Morgan fingerprint density at radius 2 is 1.87 bits per heavy atom. The molecular formula is C9H17O5P. The third-order valence-electron chi connectivity index (χ3n) is 1.94. The molecule has 0 rings (SSSR count). The molecule has 6 heteroatoms. The fraction of sp³-hybridized carbons (Fsp3) is 0.667. The van der Waals surface area contributed by atoms with Gasteiger partial charge in [0.25, 0.3) is 0 Å². The Hall–Kier alpha value is -0.640. The first-order valence-electron chi connectivity index (χ1n) is 4.72. The summed E-state index contributed by atoms with van der Waals surface area (Å²) in [4.78, 5) is 28.9. The van der Waals surface area contributed by atoms with Crippen LogP contribution in [-0.2, 0) is 14.1 Å². The Balaban J connectivity index is 4.82. The monoisotopic (exact) mass is 236 g/mol. The van der Waals surface area contributed by atoms with E-state index in [0.717, 1.165) is 0 Å². The predicted molar refractivity (Wildman–Crippen MR) is 56.5 cm³/mol. The maximum absolute atomic E-state index is 11.3. The lowest BCUT2D eigenvalue weighted by atomic mass is 10.1. The summed E-state index contributed by atoms with van der Waals surface area (Å²) in [6, 6.07) is 0. The maximum Gasteiger partial charge on any atom is 0.333 e. The van der Waals surface area contributed by atoms with Gasteiger partial charge in [0, 0.05) is 5.57 Å². The first-order valence-corrected chi connectivity index (χ1v) is 6.51. The lowest BCUT2D eigenvalue weighted by molar-refractivity contribution is -0.138. The van der Waals surface area contributed by atoms with Crippen molar-refractivity contribution in [2.24, 2.45) is 0 Å². The van der Waals surface area contributed by atoms with E-state index in [-0.39, 0.29) is 12.8 Å². The van der Waals surface area contributed by atoms with Gasteiger partial charge < -0.3 is 14.5 Å². The smallest absolute Gasteiger partial charge is 0.333 e. The number of ether oxygens (including phenoxy) is 1. The molecule has 0 aromatic heterocycles. The fourth-order valence-corrected chi connectivity index (χ4v) is 2.09. The topological polar surface area (TPSA) is 83.8 Å². The van der Waals surface area contributed by atoms with Crippen molar-refractivity contribution in [2.45, 2.75) is 27.2 Å². The molecule has 0 atom stereocenters. The first-order chi connectivity index (χ1) is 6.81. The van der Waals surface area contributed by atoms with Crippen LogP contribution in [0.2, 0.25) is 0 Å². The third kappa shape index (κ3) is 5.72.